The van der Waals surface area contributed by atoms with Gasteiger partial charge in [0.05, 0.1) is 0 Å². The molecule has 7 heteroatoms. The first-order chi connectivity index (χ1) is 14.3. The molecule has 2 aliphatic heterocycles. The van der Waals surface area contributed by atoms with E-state index in [9.17, 15) is 14.0 Å². The lowest BCUT2D eigenvalue weighted by Crippen LogP contribution is -2.64. The summed E-state index contributed by atoms with van der Waals surface area (Å²) in [6.07, 6.45) is 3.44. The molecular formula is C23H29FN4O2. The third-order valence-electron chi connectivity index (χ3n) is 6.79. The Balaban J connectivity index is 1.58. The Morgan fingerprint density at radius 1 is 1.00 bits per heavy atom. The normalized spacial score (nSPS) is 19.9. The van der Waals surface area contributed by atoms with Crippen molar-refractivity contribution in [2.24, 2.45) is 0 Å². The summed E-state index contributed by atoms with van der Waals surface area (Å²) in [4.78, 5) is 33.1. The summed E-state index contributed by atoms with van der Waals surface area (Å²) < 4.78 is 14.7. The lowest BCUT2D eigenvalue weighted by molar-refractivity contribution is -0.0158. The molecule has 1 spiro atoms. The van der Waals surface area contributed by atoms with Gasteiger partial charge in [-0.2, -0.15) is 0 Å². The van der Waals surface area contributed by atoms with Gasteiger partial charge in [0.15, 0.2) is 0 Å². The molecule has 0 N–H and O–H groups in total. The maximum atomic E-state index is 13.3. The van der Waals surface area contributed by atoms with Crippen LogP contribution in [0, 0.1) is 12.7 Å². The third kappa shape index (κ3) is 3.68. The number of aromatic nitrogens is 1. The number of nitrogens with zero attached hydrogens (tertiary/aromatic N) is 4. The first-order valence-corrected chi connectivity index (χ1v) is 10.5. The Morgan fingerprint density at radius 3 is 2.33 bits per heavy atom. The molecule has 160 valence electrons. The van der Waals surface area contributed by atoms with Crippen molar-refractivity contribution in [3.63, 3.8) is 0 Å². The van der Waals surface area contributed by atoms with Crippen molar-refractivity contribution < 1.29 is 9.18 Å². The van der Waals surface area contributed by atoms with Crippen LogP contribution < -0.4 is 5.56 Å². The van der Waals surface area contributed by atoms with Gasteiger partial charge in [0, 0.05) is 50.1 Å². The van der Waals surface area contributed by atoms with Crippen molar-refractivity contribution in [1.29, 1.82) is 0 Å². The van der Waals surface area contributed by atoms with E-state index in [0.29, 0.717) is 24.3 Å². The van der Waals surface area contributed by atoms with Gasteiger partial charge in [0.25, 0.3) is 11.5 Å². The molecule has 2 fully saturated rings. The number of aryl methyl sites for hydroxylation is 1. The largest absolute Gasteiger partial charge is 0.338 e. The highest BCUT2D eigenvalue weighted by Gasteiger charge is 2.42. The first-order valence-electron chi connectivity index (χ1n) is 10.5. The maximum absolute atomic E-state index is 13.3. The Bertz CT molecular complexity index is 993. The molecule has 0 saturated carbocycles. The summed E-state index contributed by atoms with van der Waals surface area (Å²) >= 11 is 0. The highest BCUT2D eigenvalue weighted by atomic mass is 19.1. The van der Waals surface area contributed by atoms with Crippen LogP contribution in [0.3, 0.4) is 0 Å². The maximum Gasteiger partial charge on any atom is 0.268 e. The fraction of sp³-hybridized carbons (Fsp3) is 0.478. The topological polar surface area (TPSA) is 48.8 Å². The highest BCUT2D eigenvalue weighted by molar-refractivity contribution is 5.95. The van der Waals surface area contributed by atoms with E-state index >= 15 is 0 Å². The Labute approximate surface area is 176 Å². The molecule has 0 atom stereocenters. The smallest absolute Gasteiger partial charge is 0.268 e. The molecule has 4 rings (SSSR count). The van der Waals surface area contributed by atoms with Crippen LogP contribution in [0.4, 0.5) is 4.39 Å². The number of amides is 1. The predicted molar refractivity (Wildman–Crippen MR) is 115 cm³/mol. The van der Waals surface area contributed by atoms with Gasteiger partial charge >= 0.3 is 0 Å². The molecule has 2 aliphatic rings. The molecule has 30 heavy (non-hydrogen) atoms. The van der Waals surface area contributed by atoms with E-state index in [-0.39, 0.29) is 28.4 Å². The average Bonchev–Trinajstić information content (AvgIpc) is 2.72. The number of hydrogen-bond donors (Lipinski definition) is 0. The second-order valence-electron chi connectivity index (χ2n) is 8.70. The number of pyridine rings is 1. The average molecular weight is 413 g/mol. The zero-order chi connectivity index (χ0) is 21.5. The van der Waals surface area contributed by atoms with Crippen molar-refractivity contribution in [2.45, 2.75) is 25.3 Å². The molecule has 6 nitrogen and oxygen atoms in total. The summed E-state index contributed by atoms with van der Waals surface area (Å²) in [5.74, 6) is -0.577. The standard InChI is InChI=1S/C23H29FN4O2/c1-17-8-11-28(19-6-4-18(24)5-7-19)22(30)20(17)21(29)27-12-9-23(10-13-27)16-25(2)14-15-26(23)3/h4-8,11H,9-10,12-16H2,1-3H3. The van der Waals surface area contributed by atoms with Crippen molar-refractivity contribution in [3.8, 4) is 5.69 Å². The zero-order valence-electron chi connectivity index (χ0n) is 17.9. The van der Waals surface area contributed by atoms with E-state index in [4.69, 9.17) is 0 Å². The van der Waals surface area contributed by atoms with E-state index in [1.165, 1.54) is 16.7 Å². The van der Waals surface area contributed by atoms with Gasteiger partial charge in [0.1, 0.15) is 11.4 Å². The quantitative estimate of drug-likeness (QED) is 0.758. The van der Waals surface area contributed by atoms with Crippen molar-refractivity contribution in [2.75, 3.05) is 46.8 Å². The molecule has 0 unspecified atom stereocenters. The number of piperazine rings is 1. The molecule has 3 heterocycles. The van der Waals surface area contributed by atoms with Crippen LogP contribution in [-0.4, -0.2) is 77.5 Å². The van der Waals surface area contributed by atoms with E-state index in [1.54, 1.807) is 31.3 Å². The SMILES string of the molecule is Cc1ccn(-c2ccc(F)cc2)c(=O)c1C(=O)N1CCC2(CC1)CN(C)CCN2C. The molecule has 0 aliphatic carbocycles. The van der Waals surface area contributed by atoms with Gasteiger partial charge in [-0.15, -0.1) is 0 Å². The molecule has 2 saturated heterocycles. The lowest BCUT2D eigenvalue weighted by atomic mass is 9.83. The number of halogens is 1. The van der Waals surface area contributed by atoms with Crippen LogP contribution in [-0.2, 0) is 0 Å². The fourth-order valence-corrected chi connectivity index (χ4v) is 4.78. The molecular weight excluding hydrogens is 383 g/mol. The number of piperidine rings is 1. The number of carbonyl (C=O) groups is 1. The van der Waals surface area contributed by atoms with Crippen LogP contribution >= 0.6 is 0 Å². The molecule has 2 aromatic rings. The van der Waals surface area contributed by atoms with Crippen LogP contribution in [0.5, 0.6) is 0 Å². The number of likely N-dealkylation sites (N-methyl/N-ethyl adjacent to an activating group) is 2. The fourth-order valence-electron chi connectivity index (χ4n) is 4.78. The summed E-state index contributed by atoms with van der Waals surface area (Å²) in [7, 11) is 4.32. The molecule has 0 radical (unpaired) electrons. The first kappa shape index (κ1) is 20.8. The van der Waals surface area contributed by atoms with Crippen LogP contribution in [0.1, 0.15) is 28.8 Å². The van der Waals surface area contributed by atoms with Crippen LogP contribution in [0.2, 0.25) is 0 Å². The van der Waals surface area contributed by atoms with Gasteiger partial charge in [-0.1, -0.05) is 0 Å². The zero-order valence-corrected chi connectivity index (χ0v) is 17.9. The number of likely N-dealkylation sites (tertiary alicyclic amines) is 1. The summed E-state index contributed by atoms with van der Waals surface area (Å²) in [5.41, 5.74) is 1.15. The van der Waals surface area contributed by atoms with Gasteiger partial charge in [-0.25, -0.2) is 4.39 Å². The number of hydrogen-bond acceptors (Lipinski definition) is 4. The monoisotopic (exact) mass is 412 g/mol. The minimum atomic E-state index is -0.365. The Morgan fingerprint density at radius 2 is 1.67 bits per heavy atom. The Hall–Kier alpha value is -2.51. The van der Waals surface area contributed by atoms with Gasteiger partial charge in [-0.05, 0) is 69.8 Å². The number of rotatable bonds is 2. The minimum Gasteiger partial charge on any atom is -0.338 e. The predicted octanol–water partition coefficient (Wildman–Crippen LogP) is 2.14. The molecule has 1 aromatic heterocycles. The van der Waals surface area contributed by atoms with E-state index in [2.05, 4.69) is 23.9 Å². The molecule has 1 aromatic carbocycles. The summed E-state index contributed by atoms with van der Waals surface area (Å²) in [5, 5.41) is 0. The molecule has 1 amide bonds. The molecule has 0 bridgehead atoms. The lowest BCUT2D eigenvalue weighted by Gasteiger charge is -2.52. The second-order valence-corrected chi connectivity index (χ2v) is 8.70. The highest BCUT2D eigenvalue weighted by Crippen LogP contribution is 2.31. The van der Waals surface area contributed by atoms with E-state index in [0.717, 1.165) is 32.5 Å². The van der Waals surface area contributed by atoms with Crippen LogP contribution in [0.15, 0.2) is 41.3 Å². The van der Waals surface area contributed by atoms with Crippen molar-refractivity contribution >= 4 is 5.91 Å². The Kier molecular flexibility index (Phi) is 5.51. The summed E-state index contributed by atoms with van der Waals surface area (Å²) in [6, 6.07) is 7.48. The van der Waals surface area contributed by atoms with Gasteiger partial charge in [0.2, 0.25) is 0 Å². The van der Waals surface area contributed by atoms with Crippen LogP contribution in [0.25, 0.3) is 5.69 Å². The van der Waals surface area contributed by atoms with Gasteiger partial charge in [-0.3, -0.25) is 19.1 Å². The van der Waals surface area contributed by atoms with Crippen molar-refractivity contribution in [3.05, 3.63) is 63.8 Å². The third-order valence-corrected chi connectivity index (χ3v) is 6.79. The van der Waals surface area contributed by atoms with Crippen molar-refractivity contribution in [1.82, 2.24) is 19.3 Å². The minimum absolute atomic E-state index is 0.101. The van der Waals surface area contributed by atoms with E-state index < -0.39 is 0 Å². The van der Waals surface area contributed by atoms with E-state index in [1.807, 2.05) is 4.90 Å². The second kappa shape index (κ2) is 7.96. The number of benzene rings is 1. The van der Waals surface area contributed by atoms with Gasteiger partial charge < -0.3 is 9.80 Å². The summed E-state index contributed by atoms with van der Waals surface area (Å²) in [6.45, 7) is 6.17. The number of carbonyl (C=O) groups excluding carboxylic acids is 1.